The number of hydrogen-bond acceptors (Lipinski definition) is 3. The zero-order valence-electron chi connectivity index (χ0n) is 10.5. The van der Waals surface area contributed by atoms with Crippen LogP contribution in [-0.2, 0) is 0 Å². The van der Waals surface area contributed by atoms with Crippen LogP contribution in [0.3, 0.4) is 0 Å². The van der Waals surface area contributed by atoms with Gasteiger partial charge in [-0.25, -0.2) is 4.98 Å². The number of fused-ring (bicyclic) bond motifs is 1. The van der Waals surface area contributed by atoms with Gasteiger partial charge in [0.05, 0.1) is 10.0 Å². The molecule has 1 aromatic carbocycles. The van der Waals surface area contributed by atoms with E-state index in [2.05, 4.69) is 25.9 Å². The van der Waals surface area contributed by atoms with Gasteiger partial charge in [-0.15, -0.1) is 0 Å². The number of nitrogens with zero attached hydrogens (tertiary/aromatic N) is 1. The summed E-state index contributed by atoms with van der Waals surface area (Å²) in [6.45, 7) is 0. The molecule has 1 saturated carbocycles. The number of benzene rings is 1. The Labute approximate surface area is 129 Å². The summed E-state index contributed by atoms with van der Waals surface area (Å²) in [6, 6.07) is 7.94. The van der Waals surface area contributed by atoms with E-state index < -0.39 is 0 Å². The molecule has 2 aromatic heterocycles. The Hall–Kier alpha value is -1.46. The quantitative estimate of drug-likeness (QED) is 0.649. The number of H-pyrrole nitrogens is 1. The molecule has 0 bridgehead atoms. The third-order valence-electron chi connectivity index (χ3n) is 3.61. The second-order valence-corrected chi connectivity index (χ2v) is 6.22. The minimum Gasteiger partial charge on any atom is -0.464 e. The largest absolute Gasteiger partial charge is 0.464 e. The predicted molar refractivity (Wildman–Crippen MR) is 84.3 cm³/mol. The lowest BCUT2D eigenvalue weighted by molar-refractivity contribution is 0.616. The van der Waals surface area contributed by atoms with Gasteiger partial charge in [0.1, 0.15) is 22.3 Å². The molecule has 1 fully saturated rings. The molecule has 2 heterocycles. The molecule has 0 radical (unpaired) electrons. The fourth-order valence-corrected chi connectivity index (χ4v) is 3.13. The summed E-state index contributed by atoms with van der Waals surface area (Å²) in [5.41, 5.74) is 2.98. The van der Waals surface area contributed by atoms with E-state index in [9.17, 15) is 0 Å². The second kappa shape index (κ2) is 4.53. The van der Waals surface area contributed by atoms with Crippen molar-refractivity contribution in [2.24, 2.45) is 0 Å². The zero-order chi connectivity index (χ0) is 13.7. The lowest BCUT2D eigenvalue weighted by Crippen LogP contribution is -1.96. The lowest BCUT2D eigenvalue weighted by Gasteiger charge is -2.06. The number of aromatic nitrogens is 2. The Balaban J connectivity index is 1.96. The predicted octanol–water partition coefficient (Wildman–Crippen LogP) is 5.19. The third-order valence-corrected chi connectivity index (χ3v) is 4.97. The maximum atomic E-state index is 5.58. The smallest absolute Gasteiger partial charge is 0.144 e. The Morgan fingerprint density at radius 2 is 2.10 bits per heavy atom. The number of halogens is 1. The summed E-state index contributed by atoms with van der Waals surface area (Å²) >= 11 is 8.91. The van der Waals surface area contributed by atoms with Crippen molar-refractivity contribution in [3.8, 4) is 11.4 Å². The van der Waals surface area contributed by atoms with Crippen LogP contribution in [0.4, 0.5) is 0 Å². The molecule has 1 aliphatic carbocycles. The molecular weight excluding hydrogens is 336 g/mol. The molecule has 3 nitrogen and oxygen atoms in total. The summed E-state index contributed by atoms with van der Waals surface area (Å²) in [6.07, 6.45) is 4.15. The molecule has 0 amide bonds. The highest BCUT2D eigenvalue weighted by Crippen LogP contribution is 2.43. The van der Waals surface area contributed by atoms with Crippen LogP contribution in [0.5, 0.6) is 0 Å². The first-order valence-electron chi connectivity index (χ1n) is 6.50. The molecule has 0 aliphatic heterocycles. The van der Waals surface area contributed by atoms with Crippen molar-refractivity contribution in [1.82, 2.24) is 9.97 Å². The van der Waals surface area contributed by atoms with Crippen molar-refractivity contribution in [1.29, 1.82) is 0 Å². The van der Waals surface area contributed by atoms with E-state index in [0.717, 1.165) is 32.5 Å². The van der Waals surface area contributed by atoms with Crippen LogP contribution in [0.2, 0.25) is 0 Å². The van der Waals surface area contributed by atoms with Crippen LogP contribution < -0.4 is 0 Å². The highest BCUT2D eigenvalue weighted by molar-refractivity contribution is 9.10. The van der Waals surface area contributed by atoms with Crippen LogP contribution >= 0.6 is 28.1 Å². The minimum absolute atomic E-state index is 0.575. The van der Waals surface area contributed by atoms with Crippen molar-refractivity contribution in [3.63, 3.8) is 0 Å². The maximum Gasteiger partial charge on any atom is 0.144 e. The van der Waals surface area contributed by atoms with Crippen LogP contribution in [0.25, 0.3) is 22.4 Å². The highest BCUT2D eigenvalue weighted by atomic mass is 79.9. The molecular formula is C15H11BrN2OS. The SMILES string of the molecule is S=c1nc(-c2coc3ccccc23)[nH]c(C2CC2)c1Br. The molecule has 1 N–H and O–H groups in total. The fraction of sp³-hybridized carbons (Fsp3) is 0.200. The van der Waals surface area contributed by atoms with E-state index in [1.807, 2.05) is 24.3 Å². The van der Waals surface area contributed by atoms with E-state index in [0.29, 0.717) is 10.6 Å². The maximum absolute atomic E-state index is 5.58. The summed E-state index contributed by atoms with van der Waals surface area (Å²) in [5.74, 6) is 1.36. The number of furan rings is 1. The summed E-state index contributed by atoms with van der Waals surface area (Å²) in [7, 11) is 0. The molecule has 4 rings (SSSR count). The summed E-state index contributed by atoms with van der Waals surface area (Å²) < 4.78 is 7.11. The Morgan fingerprint density at radius 3 is 2.90 bits per heavy atom. The van der Waals surface area contributed by atoms with Gasteiger partial charge in [0.2, 0.25) is 0 Å². The molecule has 0 atom stereocenters. The molecule has 100 valence electrons. The van der Waals surface area contributed by atoms with Crippen molar-refractivity contribution < 1.29 is 4.42 Å². The molecule has 0 saturated heterocycles. The topological polar surface area (TPSA) is 41.8 Å². The third kappa shape index (κ3) is 1.93. The van der Waals surface area contributed by atoms with E-state index in [-0.39, 0.29) is 0 Å². The van der Waals surface area contributed by atoms with Crippen LogP contribution in [0, 0.1) is 4.64 Å². The van der Waals surface area contributed by atoms with Crippen molar-refractivity contribution >= 4 is 39.1 Å². The molecule has 0 unspecified atom stereocenters. The highest BCUT2D eigenvalue weighted by Gasteiger charge is 2.28. The summed E-state index contributed by atoms with van der Waals surface area (Å²) in [5, 5.41) is 1.05. The summed E-state index contributed by atoms with van der Waals surface area (Å²) in [4.78, 5) is 7.91. The monoisotopic (exact) mass is 346 g/mol. The van der Waals surface area contributed by atoms with E-state index in [1.165, 1.54) is 12.8 Å². The van der Waals surface area contributed by atoms with Gasteiger partial charge in [-0.3, -0.25) is 0 Å². The number of para-hydroxylation sites is 1. The standard InChI is InChI=1S/C15H11BrN2OS/c16-12-13(8-5-6-8)17-14(18-15(12)20)10-7-19-11-4-2-1-3-9(10)11/h1-4,7-8H,5-6H2,(H,17,18,20). The van der Waals surface area contributed by atoms with Gasteiger partial charge in [0, 0.05) is 17.0 Å². The van der Waals surface area contributed by atoms with E-state index >= 15 is 0 Å². The lowest BCUT2D eigenvalue weighted by atomic mass is 10.1. The normalized spacial score (nSPS) is 14.8. The first kappa shape index (κ1) is 12.3. The second-order valence-electron chi connectivity index (χ2n) is 5.04. The van der Waals surface area contributed by atoms with E-state index in [4.69, 9.17) is 16.6 Å². The minimum atomic E-state index is 0.575. The number of aromatic amines is 1. The van der Waals surface area contributed by atoms with Gasteiger partial charge in [0.25, 0.3) is 0 Å². The average molecular weight is 347 g/mol. The van der Waals surface area contributed by atoms with Gasteiger partial charge in [-0.1, -0.05) is 30.4 Å². The average Bonchev–Trinajstić information content (AvgIpc) is 3.21. The zero-order valence-corrected chi connectivity index (χ0v) is 12.9. The van der Waals surface area contributed by atoms with Crippen molar-refractivity contribution in [2.45, 2.75) is 18.8 Å². The fourth-order valence-electron chi connectivity index (χ4n) is 2.42. The van der Waals surface area contributed by atoms with Crippen molar-refractivity contribution in [2.75, 3.05) is 0 Å². The van der Waals surface area contributed by atoms with Gasteiger partial charge in [-0.05, 0) is 34.8 Å². The van der Waals surface area contributed by atoms with E-state index in [1.54, 1.807) is 6.26 Å². The Morgan fingerprint density at radius 1 is 1.30 bits per heavy atom. The Bertz CT molecular complexity index is 864. The van der Waals surface area contributed by atoms with Crippen LogP contribution in [-0.4, -0.2) is 9.97 Å². The van der Waals surface area contributed by atoms with Gasteiger partial charge >= 0.3 is 0 Å². The van der Waals surface area contributed by atoms with Crippen molar-refractivity contribution in [3.05, 3.63) is 45.3 Å². The van der Waals surface area contributed by atoms with Gasteiger partial charge < -0.3 is 9.40 Å². The first-order valence-corrected chi connectivity index (χ1v) is 7.70. The number of nitrogens with one attached hydrogen (secondary N) is 1. The molecule has 1 aliphatic rings. The van der Waals surface area contributed by atoms with Gasteiger partial charge in [-0.2, -0.15) is 0 Å². The van der Waals surface area contributed by atoms with Gasteiger partial charge in [0.15, 0.2) is 0 Å². The molecule has 3 aromatic rings. The number of rotatable bonds is 2. The molecule has 20 heavy (non-hydrogen) atoms. The molecule has 5 heteroatoms. The molecule has 0 spiro atoms. The van der Waals surface area contributed by atoms with Crippen LogP contribution in [0.1, 0.15) is 24.5 Å². The number of hydrogen-bond donors (Lipinski definition) is 1. The van der Waals surface area contributed by atoms with Crippen LogP contribution in [0.15, 0.2) is 39.4 Å². The first-order chi connectivity index (χ1) is 9.74. The Kier molecular flexibility index (Phi) is 2.79.